The van der Waals surface area contributed by atoms with Crippen LogP contribution in [0.4, 0.5) is 0 Å². The summed E-state index contributed by atoms with van der Waals surface area (Å²) in [6, 6.07) is 0. The highest BCUT2D eigenvalue weighted by Gasteiger charge is 2.48. The van der Waals surface area contributed by atoms with E-state index in [0.29, 0.717) is 5.92 Å². The second-order valence-electron chi connectivity index (χ2n) is 6.65. The second kappa shape index (κ2) is 8.74. The quantitative estimate of drug-likeness (QED) is 0.665. The van der Waals surface area contributed by atoms with Crippen molar-refractivity contribution in [3.05, 3.63) is 0 Å². The van der Waals surface area contributed by atoms with Crippen LogP contribution in [0.3, 0.4) is 0 Å². The van der Waals surface area contributed by atoms with Gasteiger partial charge < -0.3 is 15.0 Å². The first-order chi connectivity index (χ1) is 10.00. The number of hydrogen-bond acceptors (Lipinski definition) is 4. The molecule has 0 aromatic carbocycles. The van der Waals surface area contributed by atoms with Gasteiger partial charge in [-0.15, -0.1) is 0 Å². The van der Waals surface area contributed by atoms with Gasteiger partial charge in [0.2, 0.25) is 0 Å². The van der Waals surface area contributed by atoms with Crippen LogP contribution in [0.25, 0.3) is 0 Å². The van der Waals surface area contributed by atoms with Crippen LogP contribution in [-0.4, -0.2) is 50.2 Å². The third-order valence-corrected chi connectivity index (χ3v) is 5.04. The van der Waals surface area contributed by atoms with Gasteiger partial charge in [-0.2, -0.15) is 0 Å². The number of nitrogens with one attached hydrogen (secondary N) is 1. The average Bonchev–Trinajstić information content (AvgIpc) is 2.88. The molecule has 0 saturated heterocycles. The first-order valence-electron chi connectivity index (χ1n) is 8.52. The van der Waals surface area contributed by atoms with E-state index in [1.54, 1.807) is 0 Å². The fourth-order valence-corrected chi connectivity index (χ4v) is 3.67. The molecule has 1 rings (SSSR count). The van der Waals surface area contributed by atoms with Crippen LogP contribution < -0.4 is 5.32 Å². The summed E-state index contributed by atoms with van der Waals surface area (Å²) >= 11 is 0. The lowest BCUT2D eigenvalue weighted by Crippen LogP contribution is -2.55. The van der Waals surface area contributed by atoms with E-state index in [0.717, 1.165) is 51.2 Å². The van der Waals surface area contributed by atoms with Gasteiger partial charge in [0.25, 0.3) is 0 Å². The van der Waals surface area contributed by atoms with Gasteiger partial charge in [0.1, 0.15) is 5.54 Å². The van der Waals surface area contributed by atoms with E-state index in [-0.39, 0.29) is 5.97 Å². The van der Waals surface area contributed by atoms with Crippen molar-refractivity contribution in [2.75, 3.05) is 33.8 Å². The van der Waals surface area contributed by atoms with E-state index in [9.17, 15) is 4.79 Å². The summed E-state index contributed by atoms with van der Waals surface area (Å²) in [6.45, 7) is 9.60. The predicted octanol–water partition coefficient (Wildman–Crippen LogP) is 2.68. The lowest BCUT2D eigenvalue weighted by Gasteiger charge is -2.34. The maximum absolute atomic E-state index is 12.3. The highest BCUT2D eigenvalue weighted by atomic mass is 16.5. The molecule has 0 radical (unpaired) electrons. The number of carbonyl (C=O) groups is 1. The van der Waals surface area contributed by atoms with Gasteiger partial charge >= 0.3 is 5.97 Å². The molecule has 0 aliphatic heterocycles. The number of rotatable bonds is 9. The summed E-state index contributed by atoms with van der Waals surface area (Å²) in [5, 5.41) is 3.44. The molecule has 3 atom stereocenters. The zero-order valence-electron chi connectivity index (χ0n) is 14.6. The molecule has 4 heteroatoms. The number of nitrogens with zero attached hydrogens (tertiary/aromatic N) is 1. The number of esters is 1. The van der Waals surface area contributed by atoms with Crippen molar-refractivity contribution in [3.63, 3.8) is 0 Å². The van der Waals surface area contributed by atoms with E-state index >= 15 is 0 Å². The molecule has 3 unspecified atom stereocenters. The molecular weight excluding hydrogens is 264 g/mol. The van der Waals surface area contributed by atoms with Crippen molar-refractivity contribution in [3.8, 4) is 0 Å². The molecule has 0 aromatic rings. The van der Waals surface area contributed by atoms with E-state index in [1.807, 2.05) is 0 Å². The number of methoxy groups -OCH3 is 1. The minimum atomic E-state index is -0.444. The molecule has 124 valence electrons. The van der Waals surface area contributed by atoms with Crippen molar-refractivity contribution in [1.29, 1.82) is 0 Å². The fourth-order valence-electron chi connectivity index (χ4n) is 3.67. The van der Waals surface area contributed by atoms with Crippen LogP contribution in [0, 0.1) is 11.8 Å². The van der Waals surface area contributed by atoms with Crippen molar-refractivity contribution in [2.45, 2.75) is 58.4 Å². The van der Waals surface area contributed by atoms with Gasteiger partial charge in [0.05, 0.1) is 7.11 Å². The zero-order valence-corrected chi connectivity index (χ0v) is 14.6. The van der Waals surface area contributed by atoms with Crippen LogP contribution in [0.15, 0.2) is 0 Å². The fraction of sp³-hybridized carbons (Fsp3) is 0.941. The SMILES string of the molecule is CCNC1(C(=O)OC)CCCC1CCN(C)CC(C)CC. The van der Waals surface area contributed by atoms with Gasteiger partial charge in [0, 0.05) is 6.54 Å². The summed E-state index contributed by atoms with van der Waals surface area (Å²) in [6.07, 6.45) is 5.43. The Kier molecular flexibility index (Phi) is 7.67. The molecule has 0 aromatic heterocycles. The summed E-state index contributed by atoms with van der Waals surface area (Å²) in [4.78, 5) is 14.7. The Balaban J connectivity index is 2.61. The molecule has 0 amide bonds. The molecule has 1 fully saturated rings. The molecule has 21 heavy (non-hydrogen) atoms. The third-order valence-electron chi connectivity index (χ3n) is 5.04. The van der Waals surface area contributed by atoms with Crippen LogP contribution in [0.2, 0.25) is 0 Å². The molecule has 1 N–H and O–H groups in total. The lowest BCUT2D eigenvalue weighted by molar-refractivity contribution is -0.150. The molecule has 4 nitrogen and oxygen atoms in total. The van der Waals surface area contributed by atoms with Gasteiger partial charge in [-0.25, -0.2) is 0 Å². The van der Waals surface area contributed by atoms with Crippen molar-refractivity contribution < 1.29 is 9.53 Å². The lowest BCUT2D eigenvalue weighted by atomic mass is 9.84. The highest BCUT2D eigenvalue weighted by Crippen LogP contribution is 2.39. The monoisotopic (exact) mass is 298 g/mol. The van der Waals surface area contributed by atoms with E-state index in [4.69, 9.17) is 4.74 Å². The van der Waals surface area contributed by atoms with Crippen molar-refractivity contribution in [2.24, 2.45) is 11.8 Å². The molecule has 1 saturated carbocycles. The Morgan fingerprint density at radius 3 is 2.76 bits per heavy atom. The Bertz CT molecular complexity index is 322. The topological polar surface area (TPSA) is 41.6 Å². The van der Waals surface area contributed by atoms with E-state index in [1.165, 1.54) is 13.5 Å². The standard InChI is InChI=1S/C17H34N2O2/c1-6-14(3)13-19(4)12-10-15-9-8-11-17(15,18-7-2)16(20)21-5/h14-15,18H,6-13H2,1-5H3. The largest absolute Gasteiger partial charge is 0.468 e. The normalized spacial score (nSPS) is 27.0. The summed E-state index contributed by atoms with van der Waals surface area (Å²) in [7, 11) is 3.69. The number of ether oxygens (including phenoxy) is 1. The van der Waals surface area contributed by atoms with Crippen molar-refractivity contribution >= 4 is 5.97 Å². The number of carbonyl (C=O) groups excluding carboxylic acids is 1. The molecule has 0 spiro atoms. The Morgan fingerprint density at radius 1 is 1.48 bits per heavy atom. The van der Waals surface area contributed by atoms with Gasteiger partial charge in [-0.05, 0) is 51.2 Å². The zero-order chi connectivity index (χ0) is 15.9. The number of hydrogen-bond donors (Lipinski definition) is 1. The minimum Gasteiger partial charge on any atom is -0.468 e. The molecule has 1 aliphatic carbocycles. The minimum absolute atomic E-state index is 0.0728. The van der Waals surface area contributed by atoms with Gasteiger partial charge in [-0.3, -0.25) is 4.79 Å². The van der Waals surface area contributed by atoms with Gasteiger partial charge in [-0.1, -0.05) is 33.6 Å². The molecular formula is C17H34N2O2. The first-order valence-corrected chi connectivity index (χ1v) is 8.52. The summed E-state index contributed by atoms with van der Waals surface area (Å²) in [5.41, 5.74) is -0.444. The molecule has 1 aliphatic rings. The third kappa shape index (κ3) is 4.68. The predicted molar refractivity (Wildman–Crippen MR) is 87.3 cm³/mol. The first kappa shape index (κ1) is 18.4. The Labute approximate surface area is 130 Å². The van der Waals surface area contributed by atoms with Crippen LogP contribution >= 0.6 is 0 Å². The summed E-state index contributed by atoms with van der Waals surface area (Å²) in [5.74, 6) is 1.05. The smallest absolute Gasteiger partial charge is 0.326 e. The van der Waals surface area contributed by atoms with Crippen LogP contribution in [-0.2, 0) is 9.53 Å². The van der Waals surface area contributed by atoms with E-state index < -0.39 is 5.54 Å². The van der Waals surface area contributed by atoms with Gasteiger partial charge in [0.15, 0.2) is 0 Å². The maximum Gasteiger partial charge on any atom is 0.326 e. The maximum atomic E-state index is 12.3. The second-order valence-corrected chi connectivity index (χ2v) is 6.65. The van der Waals surface area contributed by atoms with Crippen LogP contribution in [0.1, 0.15) is 52.9 Å². The van der Waals surface area contributed by atoms with E-state index in [2.05, 4.69) is 38.0 Å². The Hall–Kier alpha value is -0.610. The van der Waals surface area contributed by atoms with Crippen molar-refractivity contribution in [1.82, 2.24) is 10.2 Å². The average molecular weight is 298 g/mol. The number of likely N-dealkylation sites (N-methyl/N-ethyl adjacent to an activating group) is 1. The molecule has 0 heterocycles. The highest BCUT2D eigenvalue weighted by molar-refractivity contribution is 5.81. The molecule has 0 bridgehead atoms. The Morgan fingerprint density at radius 2 is 2.19 bits per heavy atom. The van der Waals surface area contributed by atoms with Crippen LogP contribution in [0.5, 0.6) is 0 Å². The summed E-state index contributed by atoms with van der Waals surface area (Å²) < 4.78 is 5.09.